The number of carbonyl (C=O) groups excluding carboxylic acids is 2. The Morgan fingerprint density at radius 1 is 1.13 bits per heavy atom. The molecule has 2 aromatic carbocycles. The molecule has 0 bridgehead atoms. The number of nitrogens with zero attached hydrogens (tertiary/aromatic N) is 2. The predicted molar refractivity (Wildman–Crippen MR) is 83.1 cm³/mol. The average Bonchev–Trinajstić information content (AvgIpc) is 2.58. The van der Waals surface area contributed by atoms with E-state index in [0.29, 0.717) is 6.54 Å². The van der Waals surface area contributed by atoms with E-state index >= 15 is 0 Å². The van der Waals surface area contributed by atoms with Crippen molar-refractivity contribution in [1.82, 2.24) is 5.32 Å². The molecule has 0 radical (unpaired) electrons. The van der Waals surface area contributed by atoms with Crippen molar-refractivity contribution >= 4 is 23.2 Å². The maximum absolute atomic E-state index is 12.1. The van der Waals surface area contributed by atoms with E-state index in [9.17, 15) is 19.7 Å². The molecule has 2 amide bonds. The minimum Gasteiger partial charge on any atom is -0.339 e. The van der Waals surface area contributed by atoms with Gasteiger partial charge in [0, 0.05) is 23.4 Å². The van der Waals surface area contributed by atoms with Gasteiger partial charge in [0.25, 0.3) is 17.5 Å². The lowest BCUT2D eigenvalue weighted by Crippen LogP contribution is -2.64. The minimum atomic E-state index is -0.571. The van der Waals surface area contributed by atoms with Crippen molar-refractivity contribution in [3.8, 4) is 0 Å². The van der Waals surface area contributed by atoms with Crippen molar-refractivity contribution < 1.29 is 14.5 Å². The van der Waals surface area contributed by atoms with Gasteiger partial charge in [0.15, 0.2) is 0 Å². The Kier molecular flexibility index (Phi) is 3.76. The van der Waals surface area contributed by atoms with Crippen molar-refractivity contribution in [2.24, 2.45) is 0 Å². The molecular weight excluding hydrogens is 298 g/mol. The second kappa shape index (κ2) is 5.88. The predicted octanol–water partition coefficient (Wildman–Crippen LogP) is 1.74. The van der Waals surface area contributed by atoms with Crippen molar-refractivity contribution in [2.45, 2.75) is 6.04 Å². The zero-order valence-corrected chi connectivity index (χ0v) is 12.0. The quantitative estimate of drug-likeness (QED) is 0.529. The number of hydrogen-bond acceptors (Lipinski definition) is 4. The van der Waals surface area contributed by atoms with E-state index < -0.39 is 16.9 Å². The third kappa shape index (κ3) is 2.89. The van der Waals surface area contributed by atoms with Gasteiger partial charge in [-0.05, 0) is 24.3 Å². The minimum absolute atomic E-state index is 0.0866. The lowest BCUT2D eigenvalue weighted by Gasteiger charge is -2.38. The number of anilines is 1. The Hall–Kier alpha value is -3.22. The van der Waals surface area contributed by atoms with Gasteiger partial charge in [0.2, 0.25) is 0 Å². The first-order chi connectivity index (χ1) is 11.1. The Balaban J connectivity index is 1.61. The van der Waals surface area contributed by atoms with Gasteiger partial charge in [0.05, 0.1) is 11.5 Å². The van der Waals surface area contributed by atoms with Crippen molar-refractivity contribution in [3.05, 3.63) is 70.3 Å². The van der Waals surface area contributed by atoms with E-state index in [1.807, 2.05) is 30.3 Å². The third-order valence-corrected chi connectivity index (χ3v) is 3.64. The molecule has 23 heavy (non-hydrogen) atoms. The highest BCUT2D eigenvalue weighted by Crippen LogP contribution is 2.22. The number of non-ortho nitro benzene ring substituents is 1. The van der Waals surface area contributed by atoms with Gasteiger partial charge >= 0.3 is 0 Å². The molecule has 0 saturated carbocycles. The van der Waals surface area contributed by atoms with Crippen LogP contribution in [-0.4, -0.2) is 29.3 Å². The number of amides is 2. The van der Waals surface area contributed by atoms with Crippen LogP contribution in [0.4, 0.5) is 11.4 Å². The number of β-lactam (4-membered cyclic amide) rings is 1. The molecule has 7 nitrogen and oxygen atoms in total. The molecule has 2 aromatic rings. The molecule has 0 aliphatic carbocycles. The number of nitrogens with one attached hydrogen (secondary N) is 1. The topological polar surface area (TPSA) is 92.6 Å². The van der Waals surface area contributed by atoms with Crippen LogP contribution in [0, 0.1) is 10.1 Å². The van der Waals surface area contributed by atoms with Gasteiger partial charge in [-0.3, -0.25) is 19.7 Å². The number of carbonyl (C=O) groups is 2. The number of benzene rings is 2. The number of para-hydroxylation sites is 1. The molecule has 1 heterocycles. The summed E-state index contributed by atoms with van der Waals surface area (Å²) in [6.07, 6.45) is 0. The molecule has 116 valence electrons. The Morgan fingerprint density at radius 2 is 1.78 bits per heavy atom. The first-order valence-electron chi connectivity index (χ1n) is 6.98. The molecule has 1 unspecified atom stereocenters. The first-order valence-corrected chi connectivity index (χ1v) is 6.98. The molecule has 3 rings (SSSR count). The van der Waals surface area contributed by atoms with E-state index in [-0.39, 0.29) is 17.2 Å². The highest BCUT2D eigenvalue weighted by atomic mass is 16.6. The summed E-state index contributed by atoms with van der Waals surface area (Å²) in [5.74, 6) is -0.600. The fraction of sp³-hybridized carbons (Fsp3) is 0.125. The summed E-state index contributed by atoms with van der Waals surface area (Å²) in [5, 5.41) is 13.2. The van der Waals surface area contributed by atoms with Gasteiger partial charge in [0.1, 0.15) is 6.04 Å². The fourth-order valence-corrected chi connectivity index (χ4v) is 2.35. The summed E-state index contributed by atoms with van der Waals surface area (Å²) in [4.78, 5) is 35.8. The van der Waals surface area contributed by atoms with Gasteiger partial charge in [-0.25, -0.2) is 0 Å². The average molecular weight is 311 g/mol. The molecular formula is C16H13N3O4. The number of nitro benzene ring substituents is 1. The van der Waals surface area contributed by atoms with Crippen LogP contribution in [0.15, 0.2) is 54.6 Å². The van der Waals surface area contributed by atoms with Crippen molar-refractivity contribution in [3.63, 3.8) is 0 Å². The van der Waals surface area contributed by atoms with Crippen LogP contribution in [0.25, 0.3) is 0 Å². The molecule has 0 aromatic heterocycles. The van der Waals surface area contributed by atoms with Crippen LogP contribution in [0.5, 0.6) is 0 Å². The molecule has 1 atom stereocenters. The van der Waals surface area contributed by atoms with E-state index in [0.717, 1.165) is 5.69 Å². The molecule has 1 aliphatic heterocycles. The summed E-state index contributed by atoms with van der Waals surface area (Å²) < 4.78 is 0. The lowest BCUT2D eigenvalue weighted by atomic mass is 10.1. The number of rotatable bonds is 4. The smallest absolute Gasteiger partial charge is 0.269 e. The standard InChI is InChI=1S/C16H13N3O4/c20-15(11-6-8-13(9-7-11)19(22)23)17-14-10-18(16(14)21)12-4-2-1-3-5-12/h1-9,14H,10H2,(H,17,20). The molecule has 1 fully saturated rings. The second-order valence-corrected chi connectivity index (χ2v) is 5.11. The fourth-order valence-electron chi connectivity index (χ4n) is 2.35. The van der Waals surface area contributed by atoms with Crippen molar-refractivity contribution in [2.75, 3.05) is 11.4 Å². The molecule has 7 heteroatoms. The van der Waals surface area contributed by atoms with E-state index in [2.05, 4.69) is 5.32 Å². The van der Waals surface area contributed by atoms with Gasteiger partial charge in [-0.2, -0.15) is 0 Å². The summed E-state index contributed by atoms with van der Waals surface area (Å²) in [6.45, 7) is 0.404. The van der Waals surface area contributed by atoms with E-state index in [4.69, 9.17) is 0 Å². The maximum atomic E-state index is 12.1. The van der Waals surface area contributed by atoms with Crippen molar-refractivity contribution in [1.29, 1.82) is 0 Å². The van der Waals surface area contributed by atoms with Crippen LogP contribution < -0.4 is 10.2 Å². The summed E-state index contributed by atoms with van der Waals surface area (Å²) >= 11 is 0. The highest BCUT2D eigenvalue weighted by molar-refractivity contribution is 6.07. The number of nitro groups is 1. The second-order valence-electron chi connectivity index (χ2n) is 5.11. The maximum Gasteiger partial charge on any atom is 0.269 e. The largest absolute Gasteiger partial charge is 0.339 e. The molecule has 1 N–H and O–H groups in total. The molecule has 1 aliphatic rings. The van der Waals surface area contributed by atoms with Gasteiger partial charge in [-0.1, -0.05) is 18.2 Å². The third-order valence-electron chi connectivity index (χ3n) is 3.64. The number of hydrogen-bond donors (Lipinski definition) is 1. The Labute approximate surface area is 131 Å². The highest BCUT2D eigenvalue weighted by Gasteiger charge is 2.38. The monoisotopic (exact) mass is 311 g/mol. The van der Waals surface area contributed by atoms with Gasteiger partial charge < -0.3 is 10.2 Å². The zero-order valence-electron chi connectivity index (χ0n) is 12.0. The SMILES string of the molecule is O=C(NC1CN(c2ccccc2)C1=O)c1ccc([N+](=O)[O-])cc1. The van der Waals surface area contributed by atoms with Crippen LogP contribution in [0.3, 0.4) is 0 Å². The lowest BCUT2D eigenvalue weighted by molar-refractivity contribution is -0.384. The van der Waals surface area contributed by atoms with E-state index in [1.54, 1.807) is 4.90 Å². The first kappa shape index (κ1) is 14.7. The van der Waals surface area contributed by atoms with Gasteiger partial charge in [-0.15, -0.1) is 0 Å². The van der Waals surface area contributed by atoms with Crippen LogP contribution >= 0.6 is 0 Å². The Morgan fingerprint density at radius 3 is 2.35 bits per heavy atom. The molecule has 0 spiro atoms. The van der Waals surface area contributed by atoms with Crippen LogP contribution in [0.2, 0.25) is 0 Å². The van der Waals surface area contributed by atoms with Crippen LogP contribution in [0.1, 0.15) is 10.4 Å². The summed E-state index contributed by atoms with van der Waals surface area (Å²) in [7, 11) is 0. The Bertz CT molecular complexity index is 759. The summed E-state index contributed by atoms with van der Waals surface area (Å²) in [6, 6.07) is 13.9. The normalized spacial score (nSPS) is 16.6. The molecule has 1 saturated heterocycles. The summed E-state index contributed by atoms with van der Waals surface area (Å²) in [5.41, 5.74) is 0.983. The van der Waals surface area contributed by atoms with Crippen LogP contribution in [-0.2, 0) is 4.79 Å². The van der Waals surface area contributed by atoms with E-state index in [1.165, 1.54) is 24.3 Å². The zero-order chi connectivity index (χ0) is 16.4.